The molecule has 0 aromatic heterocycles. The summed E-state index contributed by atoms with van der Waals surface area (Å²) in [5.41, 5.74) is 4.95. The highest BCUT2D eigenvalue weighted by atomic mass is 16.1. The average molecular weight is 286 g/mol. The van der Waals surface area contributed by atoms with E-state index in [4.69, 9.17) is 5.73 Å². The van der Waals surface area contributed by atoms with Crippen molar-refractivity contribution in [1.29, 1.82) is 0 Å². The van der Waals surface area contributed by atoms with E-state index in [0.717, 1.165) is 39.0 Å². The van der Waals surface area contributed by atoms with E-state index in [1.165, 1.54) is 0 Å². The lowest BCUT2D eigenvalue weighted by molar-refractivity contribution is -0.124. The maximum Gasteiger partial charge on any atom is 0.237 e. The van der Waals surface area contributed by atoms with Crippen molar-refractivity contribution in [3.8, 4) is 0 Å². The van der Waals surface area contributed by atoms with Crippen molar-refractivity contribution in [3.05, 3.63) is 0 Å². The van der Waals surface area contributed by atoms with Crippen molar-refractivity contribution in [2.24, 2.45) is 5.73 Å². The summed E-state index contributed by atoms with van der Waals surface area (Å²) in [7, 11) is 4.16. The van der Waals surface area contributed by atoms with Crippen LogP contribution in [0.25, 0.3) is 0 Å². The zero-order valence-corrected chi connectivity index (χ0v) is 14.2. The number of primary amides is 1. The van der Waals surface area contributed by atoms with Gasteiger partial charge in [-0.3, -0.25) is 4.79 Å². The largest absolute Gasteiger partial charge is 0.368 e. The van der Waals surface area contributed by atoms with Crippen LogP contribution in [0.5, 0.6) is 0 Å². The molecule has 3 N–H and O–H groups in total. The van der Waals surface area contributed by atoms with Crippen LogP contribution in [-0.2, 0) is 4.79 Å². The van der Waals surface area contributed by atoms with Crippen molar-refractivity contribution in [2.75, 3.05) is 40.3 Å². The van der Waals surface area contributed by atoms with Gasteiger partial charge in [0.2, 0.25) is 5.91 Å². The number of hydrogen-bond donors (Lipinski definition) is 2. The number of carbonyl (C=O) groups is 1. The Morgan fingerprint density at radius 3 is 2.20 bits per heavy atom. The maximum atomic E-state index is 11.7. The summed E-state index contributed by atoms with van der Waals surface area (Å²) in [6.07, 6.45) is 1.87. The van der Waals surface area contributed by atoms with Crippen molar-refractivity contribution >= 4 is 5.91 Å². The van der Waals surface area contributed by atoms with Gasteiger partial charge in [-0.15, -0.1) is 0 Å². The van der Waals surface area contributed by atoms with Crippen LogP contribution in [0.15, 0.2) is 0 Å². The molecule has 20 heavy (non-hydrogen) atoms. The summed E-state index contributed by atoms with van der Waals surface area (Å²) in [6.45, 7) is 12.2. The van der Waals surface area contributed by atoms with Gasteiger partial charge in [-0.2, -0.15) is 0 Å². The molecule has 0 rings (SSSR count). The Kier molecular flexibility index (Phi) is 9.01. The molecule has 120 valence electrons. The molecule has 0 aliphatic carbocycles. The summed E-state index contributed by atoms with van der Waals surface area (Å²) < 4.78 is 0. The number of amides is 1. The summed E-state index contributed by atoms with van der Waals surface area (Å²) in [6, 6.07) is 0.244. The standard InChI is InChI=1S/C15H34N4O/c1-7-9-19(12-11-18(5)6)10-8-15(4,14(16)20)17-13(2)3/h13,17H,7-12H2,1-6H3,(H2,16,20). The molecule has 0 fully saturated rings. The Labute approximate surface area is 124 Å². The van der Waals surface area contributed by atoms with Gasteiger partial charge in [0.1, 0.15) is 0 Å². The molecule has 0 radical (unpaired) electrons. The van der Waals surface area contributed by atoms with Crippen LogP contribution in [0, 0.1) is 0 Å². The zero-order chi connectivity index (χ0) is 15.8. The van der Waals surface area contributed by atoms with Crippen LogP contribution in [0.2, 0.25) is 0 Å². The Hall–Kier alpha value is -0.650. The number of rotatable bonds is 11. The Morgan fingerprint density at radius 1 is 1.20 bits per heavy atom. The summed E-state index contributed by atoms with van der Waals surface area (Å²) in [4.78, 5) is 16.3. The quantitative estimate of drug-likeness (QED) is 0.592. The highest BCUT2D eigenvalue weighted by molar-refractivity contribution is 5.84. The molecule has 1 unspecified atom stereocenters. The molecule has 0 aliphatic heterocycles. The van der Waals surface area contributed by atoms with E-state index in [9.17, 15) is 4.79 Å². The smallest absolute Gasteiger partial charge is 0.237 e. The molecule has 1 amide bonds. The predicted molar refractivity (Wildman–Crippen MR) is 85.8 cm³/mol. The minimum atomic E-state index is -0.627. The topological polar surface area (TPSA) is 61.6 Å². The second kappa shape index (κ2) is 9.32. The fourth-order valence-electron chi connectivity index (χ4n) is 2.28. The van der Waals surface area contributed by atoms with Crippen LogP contribution >= 0.6 is 0 Å². The van der Waals surface area contributed by atoms with Crippen LogP contribution in [0.4, 0.5) is 0 Å². The minimum absolute atomic E-state index is 0.244. The molecule has 5 nitrogen and oxygen atoms in total. The summed E-state index contributed by atoms with van der Waals surface area (Å²) >= 11 is 0. The Balaban J connectivity index is 4.49. The van der Waals surface area contributed by atoms with E-state index < -0.39 is 5.54 Å². The number of nitrogens with zero attached hydrogens (tertiary/aromatic N) is 2. The zero-order valence-electron chi connectivity index (χ0n) is 14.2. The monoisotopic (exact) mass is 286 g/mol. The van der Waals surface area contributed by atoms with E-state index in [1.807, 2.05) is 20.8 Å². The van der Waals surface area contributed by atoms with Gasteiger partial charge in [-0.25, -0.2) is 0 Å². The van der Waals surface area contributed by atoms with Crippen LogP contribution in [0.3, 0.4) is 0 Å². The number of hydrogen-bond acceptors (Lipinski definition) is 4. The molecule has 0 aromatic carbocycles. The number of nitrogens with one attached hydrogen (secondary N) is 1. The fourth-order valence-corrected chi connectivity index (χ4v) is 2.28. The lowest BCUT2D eigenvalue weighted by atomic mass is 9.95. The van der Waals surface area contributed by atoms with Crippen LogP contribution in [-0.4, -0.2) is 67.6 Å². The predicted octanol–water partition coefficient (Wildman–Crippen LogP) is 0.892. The van der Waals surface area contributed by atoms with Crippen molar-refractivity contribution in [2.45, 2.75) is 52.1 Å². The van der Waals surface area contributed by atoms with Crippen molar-refractivity contribution < 1.29 is 4.79 Å². The highest BCUT2D eigenvalue weighted by Crippen LogP contribution is 2.12. The van der Waals surface area contributed by atoms with Gasteiger partial charge >= 0.3 is 0 Å². The van der Waals surface area contributed by atoms with Crippen LogP contribution < -0.4 is 11.1 Å². The van der Waals surface area contributed by atoms with Gasteiger partial charge in [-0.1, -0.05) is 6.92 Å². The lowest BCUT2D eigenvalue weighted by Gasteiger charge is -2.33. The third-order valence-electron chi connectivity index (χ3n) is 3.48. The first kappa shape index (κ1) is 19.4. The first-order valence-corrected chi connectivity index (χ1v) is 7.66. The second-order valence-electron chi connectivity index (χ2n) is 6.39. The molecule has 0 bridgehead atoms. The molecule has 0 heterocycles. The minimum Gasteiger partial charge on any atom is -0.368 e. The number of nitrogens with two attached hydrogens (primary N) is 1. The number of likely N-dealkylation sites (N-methyl/N-ethyl adjacent to an activating group) is 1. The number of carbonyl (C=O) groups excluding carboxylic acids is 1. The van der Waals surface area contributed by atoms with Gasteiger partial charge in [0.15, 0.2) is 0 Å². The Bertz CT molecular complexity index is 281. The van der Waals surface area contributed by atoms with Crippen molar-refractivity contribution in [1.82, 2.24) is 15.1 Å². The molecule has 5 heteroatoms. The van der Waals surface area contributed by atoms with Crippen LogP contribution in [0.1, 0.15) is 40.5 Å². The SMILES string of the molecule is CCCN(CCN(C)C)CCC(C)(NC(C)C)C(N)=O. The third kappa shape index (κ3) is 7.82. The summed E-state index contributed by atoms with van der Waals surface area (Å²) in [5, 5.41) is 3.31. The average Bonchev–Trinajstić information content (AvgIpc) is 2.31. The van der Waals surface area contributed by atoms with Gasteiger partial charge in [-0.05, 0) is 54.3 Å². The first-order valence-electron chi connectivity index (χ1n) is 7.66. The molecule has 0 saturated carbocycles. The van der Waals surface area contributed by atoms with Gasteiger partial charge in [0.25, 0.3) is 0 Å². The first-order chi connectivity index (χ1) is 9.21. The molecular weight excluding hydrogens is 252 g/mol. The Morgan fingerprint density at radius 2 is 1.80 bits per heavy atom. The third-order valence-corrected chi connectivity index (χ3v) is 3.48. The molecule has 1 atom stereocenters. The van der Waals surface area contributed by atoms with Gasteiger partial charge in [0.05, 0.1) is 5.54 Å². The van der Waals surface area contributed by atoms with Gasteiger partial charge < -0.3 is 20.9 Å². The molecule has 0 aromatic rings. The van der Waals surface area contributed by atoms with E-state index in [-0.39, 0.29) is 11.9 Å². The normalized spacial score (nSPS) is 15.1. The van der Waals surface area contributed by atoms with E-state index in [1.54, 1.807) is 0 Å². The lowest BCUT2D eigenvalue weighted by Crippen LogP contribution is -2.56. The van der Waals surface area contributed by atoms with E-state index in [2.05, 4.69) is 36.1 Å². The molecule has 0 spiro atoms. The molecular formula is C15H34N4O. The highest BCUT2D eigenvalue weighted by Gasteiger charge is 2.31. The molecule has 0 saturated heterocycles. The summed E-state index contributed by atoms with van der Waals surface area (Å²) in [5.74, 6) is -0.268. The maximum absolute atomic E-state index is 11.7. The fraction of sp³-hybridized carbons (Fsp3) is 0.933. The molecule has 0 aliphatic rings. The van der Waals surface area contributed by atoms with Crippen molar-refractivity contribution in [3.63, 3.8) is 0 Å². The van der Waals surface area contributed by atoms with E-state index in [0.29, 0.717) is 0 Å². The second-order valence-corrected chi connectivity index (χ2v) is 6.39. The van der Waals surface area contributed by atoms with E-state index >= 15 is 0 Å². The van der Waals surface area contributed by atoms with Gasteiger partial charge in [0, 0.05) is 25.7 Å².